The number of para-hydroxylation sites is 1. The third-order valence-corrected chi connectivity index (χ3v) is 5.63. The second-order valence-electron chi connectivity index (χ2n) is 7.34. The number of aromatic nitrogens is 3. The van der Waals surface area contributed by atoms with Gasteiger partial charge in [-0.15, -0.1) is 0 Å². The molecule has 32 heavy (non-hydrogen) atoms. The summed E-state index contributed by atoms with van der Waals surface area (Å²) in [6.45, 7) is 4.06. The van der Waals surface area contributed by atoms with Gasteiger partial charge in [0, 0.05) is 23.7 Å². The van der Waals surface area contributed by atoms with E-state index < -0.39 is 0 Å². The number of carbonyl (C=O) groups excluding carboxylic acids is 1. The summed E-state index contributed by atoms with van der Waals surface area (Å²) in [5.41, 5.74) is 0.854. The summed E-state index contributed by atoms with van der Waals surface area (Å²) in [6.07, 6.45) is 0. The van der Waals surface area contributed by atoms with Crippen molar-refractivity contribution in [3.05, 3.63) is 81.7 Å². The van der Waals surface area contributed by atoms with Crippen LogP contribution >= 0.6 is 11.3 Å². The zero-order chi connectivity index (χ0) is 22.5. The first-order valence-corrected chi connectivity index (χ1v) is 10.9. The lowest BCUT2D eigenvalue weighted by Gasteiger charge is -2.10. The average Bonchev–Trinajstić information content (AvgIpc) is 3.23. The smallest absolute Gasteiger partial charge is 0.275 e. The Bertz CT molecular complexity index is 1280. The van der Waals surface area contributed by atoms with Gasteiger partial charge >= 0.3 is 0 Å². The number of benzene rings is 2. The fourth-order valence-corrected chi connectivity index (χ4v) is 3.79. The summed E-state index contributed by atoms with van der Waals surface area (Å²) < 4.78 is 12.6. The third-order valence-electron chi connectivity index (χ3n) is 4.43. The predicted molar refractivity (Wildman–Crippen MR) is 123 cm³/mol. The van der Waals surface area contributed by atoms with E-state index in [1.807, 2.05) is 32.0 Å². The van der Waals surface area contributed by atoms with Gasteiger partial charge in [0.25, 0.3) is 11.5 Å². The minimum absolute atomic E-state index is 0.101. The van der Waals surface area contributed by atoms with Crippen LogP contribution in [0, 0.1) is 0 Å². The Hall–Kier alpha value is -3.72. The highest BCUT2D eigenvalue weighted by Crippen LogP contribution is 2.21. The second-order valence-corrected chi connectivity index (χ2v) is 8.33. The van der Waals surface area contributed by atoms with Gasteiger partial charge in [0.1, 0.15) is 23.1 Å². The average molecular weight is 451 g/mol. The summed E-state index contributed by atoms with van der Waals surface area (Å²) in [6, 6.07) is 17.6. The molecule has 0 bridgehead atoms. The molecular weight excluding hydrogens is 428 g/mol. The Morgan fingerprint density at radius 3 is 2.62 bits per heavy atom. The van der Waals surface area contributed by atoms with E-state index in [1.165, 1.54) is 21.9 Å². The van der Waals surface area contributed by atoms with Crippen LogP contribution in [0.5, 0.6) is 11.5 Å². The highest BCUT2D eigenvalue weighted by Gasteiger charge is 2.12. The monoisotopic (exact) mass is 450 g/mol. The van der Waals surface area contributed by atoms with Crippen molar-refractivity contribution in [1.29, 1.82) is 0 Å². The van der Waals surface area contributed by atoms with E-state index in [1.54, 1.807) is 36.4 Å². The molecule has 0 radical (unpaired) electrons. The van der Waals surface area contributed by atoms with Gasteiger partial charge in [-0.1, -0.05) is 49.4 Å². The molecule has 0 fully saturated rings. The molecule has 0 saturated carbocycles. The molecule has 0 saturated heterocycles. The van der Waals surface area contributed by atoms with Gasteiger partial charge in [-0.25, -0.2) is 4.98 Å². The lowest BCUT2D eigenvalue weighted by atomic mass is 10.2. The van der Waals surface area contributed by atoms with Gasteiger partial charge in [-0.2, -0.15) is 9.61 Å². The van der Waals surface area contributed by atoms with Crippen LogP contribution < -0.4 is 20.3 Å². The first-order valence-electron chi connectivity index (χ1n) is 10.1. The van der Waals surface area contributed by atoms with Gasteiger partial charge in [-0.05, 0) is 24.3 Å². The van der Waals surface area contributed by atoms with E-state index in [4.69, 9.17) is 9.47 Å². The molecular formula is C23H22N4O4S. The standard InChI is InChI=1S/C23H22N4O4S/c1-15(2)22-26-27-21(29)12-17(25-23(27)32-22)13-30-19-10-6-7-16(11-19)24-20(28)14-31-18-8-4-3-5-9-18/h3-12,15H,13-14H2,1-2H3,(H,24,28). The van der Waals surface area contributed by atoms with Crippen molar-refractivity contribution in [2.24, 2.45) is 0 Å². The van der Waals surface area contributed by atoms with Gasteiger partial charge in [0.2, 0.25) is 4.96 Å². The summed E-state index contributed by atoms with van der Waals surface area (Å²) in [4.78, 5) is 29.5. The molecule has 0 aliphatic rings. The molecule has 2 heterocycles. The van der Waals surface area contributed by atoms with Gasteiger partial charge in [0.15, 0.2) is 6.61 Å². The van der Waals surface area contributed by atoms with Crippen LogP contribution in [-0.4, -0.2) is 27.1 Å². The number of nitrogens with one attached hydrogen (secondary N) is 1. The molecule has 0 spiro atoms. The van der Waals surface area contributed by atoms with E-state index in [0.717, 1.165) is 5.01 Å². The Balaban J connectivity index is 1.37. The van der Waals surface area contributed by atoms with Crippen LogP contribution in [0.3, 0.4) is 0 Å². The molecule has 9 heteroatoms. The maximum atomic E-state index is 12.3. The maximum Gasteiger partial charge on any atom is 0.275 e. The van der Waals surface area contributed by atoms with Gasteiger partial charge < -0.3 is 14.8 Å². The number of rotatable bonds is 8. The zero-order valence-electron chi connectivity index (χ0n) is 17.6. The number of anilines is 1. The molecule has 0 aliphatic carbocycles. The molecule has 164 valence electrons. The van der Waals surface area contributed by atoms with Gasteiger partial charge in [-0.3, -0.25) is 9.59 Å². The first-order chi connectivity index (χ1) is 15.5. The molecule has 4 rings (SSSR count). The van der Waals surface area contributed by atoms with Crippen molar-refractivity contribution in [2.75, 3.05) is 11.9 Å². The second kappa shape index (κ2) is 9.61. The van der Waals surface area contributed by atoms with E-state index in [-0.39, 0.29) is 30.6 Å². The lowest BCUT2D eigenvalue weighted by molar-refractivity contribution is -0.118. The number of hydrogen-bond acceptors (Lipinski definition) is 7. The van der Waals surface area contributed by atoms with Crippen molar-refractivity contribution in [2.45, 2.75) is 26.4 Å². The van der Waals surface area contributed by atoms with Crippen LogP contribution in [0.15, 0.2) is 65.5 Å². The first kappa shape index (κ1) is 21.5. The molecule has 0 aliphatic heterocycles. The highest BCUT2D eigenvalue weighted by atomic mass is 32.1. The largest absolute Gasteiger partial charge is 0.487 e. The van der Waals surface area contributed by atoms with Crippen LogP contribution in [0.4, 0.5) is 5.69 Å². The number of nitrogens with zero attached hydrogens (tertiary/aromatic N) is 3. The lowest BCUT2D eigenvalue weighted by Crippen LogP contribution is -2.20. The number of hydrogen-bond donors (Lipinski definition) is 1. The highest BCUT2D eigenvalue weighted by molar-refractivity contribution is 7.16. The normalized spacial score (nSPS) is 11.0. The van der Waals surface area contributed by atoms with Crippen LogP contribution in [0.2, 0.25) is 0 Å². The van der Waals surface area contributed by atoms with Crippen molar-refractivity contribution >= 4 is 27.9 Å². The van der Waals surface area contributed by atoms with E-state index in [0.29, 0.717) is 27.8 Å². The zero-order valence-corrected chi connectivity index (χ0v) is 18.5. The Morgan fingerprint density at radius 2 is 1.84 bits per heavy atom. The number of amides is 1. The Kier molecular flexibility index (Phi) is 6.46. The summed E-state index contributed by atoms with van der Waals surface area (Å²) in [7, 11) is 0. The molecule has 0 unspecified atom stereocenters. The fraction of sp³-hybridized carbons (Fsp3) is 0.217. The molecule has 2 aromatic carbocycles. The van der Waals surface area contributed by atoms with Crippen LogP contribution in [0.1, 0.15) is 30.5 Å². The van der Waals surface area contributed by atoms with Crippen LogP contribution in [-0.2, 0) is 11.4 Å². The molecule has 0 atom stereocenters. The Morgan fingerprint density at radius 1 is 1.06 bits per heavy atom. The van der Waals surface area contributed by atoms with Gasteiger partial charge in [0.05, 0.1) is 5.69 Å². The third kappa shape index (κ3) is 5.30. The van der Waals surface area contributed by atoms with Crippen molar-refractivity contribution in [3.8, 4) is 11.5 Å². The Labute approximate surface area is 188 Å². The van der Waals surface area contributed by atoms with E-state index >= 15 is 0 Å². The molecule has 2 aromatic heterocycles. The molecule has 8 nitrogen and oxygen atoms in total. The van der Waals surface area contributed by atoms with Crippen molar-refractivity contribution < 1.29 is 14.3 Å². The van der Waals surface area contributed by atoms with Crippen LogP contribution in [0.25, 0.3) is 4.96 Å². The molecule has 1 amide bonds. The maximum absolute atomic E-state index is 12.3. The summed E-state index contributed by atoms with van der Waals surface area (Å²) in [5, 5.41) is 7.95. The van der Waals surface area contributed by atoms with Crippen molar-refractivity contribution in [3.63, 3.8) is 0 Å². The topological polar surface area (TPSA) is 94.8 Å². The number of fused-ring (bicyclic) bond motifs is 1. The fourth-order valence-electron chi connectivity index (χ4n) is 2.86. The predicted octanol–water partition coefficient (Wildman–Crippen LogP) is 3.87. The molecule has 1 N–H and O–H groups in total. The number of ether oxygens (including phenoxy) is 2. The summed E-state index contributed by atoms with van der Waals surface area (Å²) >= 11 is 1.39. The number of carbonyl (C=O) groups is 1. The van der Waals surface area contributed by atoms with E-state index in [9.17, 15) is 9.59 Å². The van der Waals surface area contributed by atoms with Crippen molar-refractivity contribution in [1.82, 2.24) is 14.6 Å². The summed E-state index contributed by atoms with van der Waals surface area (Å²) in [5.74, 6) is 1.11. The van der Waals surface area contributed by atoms with E-state index in [2.05, 4.69) is 15.4 Å². The quantitative estimate of drug-likeness (QED) is 0.438. The minimum Gasteiger partial charge on any atom is -0.487 e. The molecule has 4 aromatic rings. The minimum atomic E-state index is -0.280. The SMILES string of the molecule is CC(C)c1nn2c(=O)cc(COc3cccc(NC(=O)COc4ccccc4)c3)nc2s1.